The average molecular weight is 1250 g/mol. The Morgan fingerprint density at radius 2 is 1.01 bits per heavy atom. The monoisotopic (exact) mass is 1240 g/mol. The summed E-state index contributed by atoms with van der Waals surface area (Å²) in [6.07, 6.45) is -11.3. The number of halogens is 12. The maximum Gasteiger partial charge on any atom is 0.586 e. The lowest BCUT2D eigenvalue weighted by Crippen LogP contribution is -2.27. The summed E-state index contributed by atoms with van der Waals surface area (Å²) in [4.78, 5) is 61.6. The number of aromatic nitrogens is 4. The van der Waals surface area contributed by atoms with Crippen LogP contribution in [0, 0.1) is 0 Å². The molecular formula is C47H34Br2Cl2F8N4O13. The number of alkyl halides is 10. The normalized spacial score (nSPS) is 14.5. The molecule has 4 aromatic carbocycles. The van der Waals surface area contributed by atoms with Gasteiger partial charge in [0.2, 0.25) is 5.78 Å². The third kappa shape index (κ3) is 12.5. The van der Waals surface area contributed by atoms with Crippen LogP contribution in [-0.4, -0.2) is 86.3 Å². The number of hydrogen-bond donors (Lipinski definition) is 1. The lowest BCUT2D eigenvalue weighted by Gasteiger charge is -2.20. The Bertz CT molecular complexity index is 3250. The Morgan fingerprint density at radius 3 is 1.42 bits per heavy atom. The number of esters is 3. The molecule has 0 saturated heterocycles. The highest BCUT2D eigenvalue weighted by Crippen LogP contribution is 2.45. The summed E-state index contributed by atoms with van der Waals surface area (Å²) in [6, 6.07) is 17.2. The van der Waals surface area contributed by atoms with Gasteiger partial charge in [-0.1, -0.05) is 44.0 Å². The van der Waals surface area contributed by atoms with Crippen LogP contribution in [0.2, 0.25) is 0 Å². The third-order valence-corrected chi connectivity index (χ3v) is 11.6. The van der Waals surface area contributed by atoms with Gasteiger partial charge in [0.1, 0.15) is 17.5 Å². The highest BCUT2D eigenvalue weighted by atomic mass is 79.9. The van der Waals surface area contributed by atoms with E-state index in [0.29, 0.717) is 8.95 Å². The molecule has 4 heterocycles. The fraction of sp³-hybridized carbons (Fsp3) is 0.255. The standard InChI is InChI=1S/C24H17BrF4N2O7.C22H15BrF4N2O6.CH2Cl2/c1-11(32)36-21(20(33)12-4-7-17-18(8-12)38-24(28,29)37-17)15-9-13(25)5-6-14(15)16-10-19(30-31(16)2)23(26,27)22(34)35-3;1-29-14(9-17(28-29)21(24,25)20(32)33-2)12-5-4-11(23)8-13(12)19(31)18(30)10-3-6-15-16(7-10)35-22(26,27)34-15;2-1-3/h4-10,21H,1-3H3;3-9,19,31H,1-2H3;1H2. The number of ether oxygens (including phenoxy) is 7. The van der Waals surface area contributed by atoms with Crippen molar-refractivity contribution in [3.05, 3.63) is 128 Å². The van der Waals surface area contributed by atoms with E-state index in [-0.39, 0.29) is 67.4 Å². The van der Waals surface area contributed by atoms with Crippen LogP contribution >= 0.6 is 55.1 Å². The molecule has 0 amide bonds. The highest BCUT2D eigenvalue weighted by Gasteiger charge is 2.48. The van der Waals surface area contributed by atoms with E-state index in [9.17, 15) is 64.2 Å². The molecule has 8 rings (SSSR count). The molecular weight excluding hydrogens is 1210 g/mol. The number of hydrogen-bond acceptors (Lipinski definition) is 15. The van der Waals surface area contributed by atoms with Crippen molar-refractivity contribution >= 4 is 84.5 Å². The van der Waals surface area contributed by atoms with E-state index in [1.54, 1.807) is 12.1 Å². The minimum Gasteiger partial charge on any atom is -0.464 e. The van der Waals surface area contributed by atoms with Gasteiger partial charge in [0, 0.05) is 57.8 Å². The molecule has 2 unspecified atom stereocenters. The summed E-state index contributed by atoms with van der Waals surface area (Å²) in [5.41, 5.74) is -1.66. The van der Waals surface area contributed by atoms with Crippen molar-refractivity contribution in [3.63, 3.8) is 0 Å². The van der Waals surface area contributed by atoms with Gasteiger partial charge in [0.25, 0.3) is 0 Å². The van der Waals surface area contributed by atoms with E-state index < -0.39 is 83.3 Å². The number of fused-ring (bicyclic) bond motifs is 2. The molecule has 0 fully saturated rings. The van der Waals surface area contributed by atoms with Crippen molar-refractivity contribution in [3.8, 4) is 45.5 Å². The first-order valence-corrected chi connectivity index (χ1v) is 23.6. The maximum absolute atomic E-state index is 14.5. The number of ketones is 2. The Balaban J connectivity index is 0.000000235. The zero-order valence-electron chi connectivity index (χ0n) is 39.1. The van der Waals surface area contributed by atoms with E-state index in [0.717, 1.165) is 66.9 Å². The number of aliphatic hydroxyl groups is 1. The van der Waals surface area contributed by atoms with Gasteiger partial charge in [-0.15, -0.1) is 40.8 Å². The van der Waals surface area contributed by atoms with E-state index in [4.69, 9.17) is 27.9 Å². The van der Waals surface area contributed by atoms with Crippen LogP contribution in [0.15, 0.2) is 93.9 Å². The quantitative estimate of drug-likeness (QED) is 0.0375. The molecule has 2 aromatic heterocycles. The molecule has 0 spiro atoms. The third-order valence-electron chi connectivity index (χ3n) is 10.6. The second-order valence-electron chi connectivity index (χ2n) is 15.6. The van der Waals surface area contributed by atoms with E-state index in [1.807, 2.05) is 0 Å². The molecule has 0 bridgehead atoms. The van der Waals surface area contributed by atoms with Gasteiger partial charge in [-0.3, -0.25) is 23.7 Å². The predicted octanol–water partition coefficient (Wildman–Crippen LogP) is 10.7. The lowest BCUT2D eigenvalue weighted by molar-refractivity contribution is -0.287. The van der Waals surface area contributed by atoms with Crippen molar-refractivity contribution in [1.29, 1.82) is 0 Å². The number of aliphatic hydroxyl groups excluding tert-OH is 1. The summed E-state index contributed by atoms with van der Waals surface area (Å²) in [6.45, 7) is 1.05. The minimum absolute atomic E-state index is 0.00306. The topological polar surface area (TPSA) is 206 Å². The van der Waals surface area contributed by atoms with E-state index >= 15 is 0 Å². The van der Waals surface area contributed by atoms with Crippen molar-refractivity contribution in [2.24, 2.45) is 14.1 Å². The van der Waals surface area contributed by atoms with E-state index in [1.165, 1.54) is 50.5 Å². The van der Waals surface area contributed by atoms with Gasteiger partial charge >= 0.3 is 42.3 Å². The number of carbonyl (C=O) groups excluding carboxylic acids is 5. The van der Waals surface area contributed by atoms with Crippen molar-refractivity contribution < 1.29 is 97.4 Å². The van der Waals surface area contributed by atoms with Gasteiger partial charge in [-0.05, 0) is 78.4 Å². The van der Waals surface area contributed by atoms with Crippen LogP contribution in [0.25, 0.3) is 22.5 Å². The maximum atomic E-state index is 14.5. The Labute approximate surface area is 449 Å². The van der Waals surface area contributed by atoms with Crippen LogP contribution in [0.3, 0.4) is 0 Å². The lowest BCUT2D eigenvalue weighted by atomic mass is 9.93. The summed E-state index contributed by atoms with van der Waals surface area (Å²) >= 11 is 16.0. The number of Topliss-reactive ketones (excluding diaryl/α,β-unsaturated/α-hetero) is 2. The predicted molar refractivity (Wildman–Crippen MR) is 254 cm³/mol. The second-order valence-corrected chi connectivity index (χ2v) is 18.2. The van der Waals surface area contributed by atoms with E-state index in [2.05, 4.69) is 70.5 Å². The molecule has 0 aliphatic carbocycles. The molecule has 6 aromatic rings. The first-order valence-electron chi connectivity index (χ1n) is 21.0. The molecule has 2 aliphatic heterocycles. The zero-order valence-corrected chi connectivity index (χ0v) is 43.8. The number of nitrogens with zero attached hydrogens (tertiary/aromatic N) is 4. The van der Waals surface area contributed by atoms with Gasteiger partial charge in [-0.2, -0.15) is 27.8 Å². The summed E-state index contributed by atoms with van der Waals surface area (Å²) in [7, 11) is 4.29. The second kappa shape index (κ2) is 22.8. The number of carbonyl (C=O) groups is 5. The zero-order chi connectivity index (χ0) is 56.4. The molecule has 17 nitrogen and oxygen atoms in total. The highest BCUT2D eigenvalue weighted by molar-refractivity contribution is 9.10. The first-order chi connectivity index (χ1) is 35.5. The Hall–Kier alpha value is -6.81. The SMILES string of the molecule is COC(=O)C(F)(F)c1cc(-c2ccc(Br)cc2C(O)C(=O)c2ccc3c(c2)OC(F)(F)O3)n(C)n1.COC(=O)C(F)(F)c1cc(-c2ccc(Br)cc2C(OC(C)=O)C(=O)c2ccc3c(c2)OC(F)(F)O3)n(C)n1.ClCCl. The molecule has 29 heteroatoms. The number of benzene rings is 4. The van der Waals surface area contributed by atoms with Crippen LogP contribution in [-0.2, 0) is 54.5 Å². The molecule has 0 radical (unpaired) electrons. The molecule has 1 N–H and O–H groups in total. The first kappa shape index (κ1) is 58.5. The molecule has 404 valence electrons. The van der Waals surface area contributed by atoms with Crippen LogP contribution < -0.4 is 18.9 Å². The Kier molecular flexibility index (Phi) is 17.5. The fourth-order valence-electron chi connectivity index (χ4n) is 7.27. The number of rotatable bonds is 13. The smallest absolute Gasteiger partial charge is 0.464 e. The molecule has 76 heavy (non-hydrogen) atoms. The van der Waals surface area contributed by atoms with Crippen LogP contribution in [0.4, 0.5) is 35.1 Å². The number of methoxy groups -OCH3 is 2. The summed E-state index contributed by atoms with van der Waals surface area (Å²) < 4.78 is 145. The van der Waals surface area contributed by atoms with Crippen molar-refractivity contribution in [2.45, 2.75) is 43.6 Å². The van der Waals surface area contributed by atoms with Crippen LogP contribution in [0.5, 0.6) is 23.0 Å². The van der Waals surface area contributed by atoms with Gasteiger partial charge in [-0.25, -0.2) is 9.59 Å². The Morgan fingerprint density at radius 1 is 0.632 bits per heavy atom. The summed E-state index contributed by atoms with van der Waals surface area (Å²) in [5.74, 6) is -15.7. The van der Waals surface area contributed by atoms with Gasteiger partial charge in [0.15, 0.2) is 34.9 Å². The minimum atomic E-state index is -4.07. The van der Waals surface area contributed by atoms with Crippen molar-refractivity contribution in [2.75, 3.05) is 19.6 Å². The average Bonchev–Trinajstić information content (AvgIpc) is 4.12. The molecule has 2 atom stereocenters. The largest absolute Gasteiger partial charge is 0.586 e. The summed E-state index contributed by atoms with van der Waals surface area (Å²) in [5, 5.41) is 18.5. The van der Waals surface area contributed by atoms with Crippen LogP contribution in [0.1, 0.15) is 62.4 Å². The van der Waals surface area contributed by atoms with Crippen molar-refractivity contribution in [1.82, 2.24) is 19.6 Å². The molecule has 0 saturated carbocycles. The fourth-order valence-corrected chi connectivity index (χ4v) is 8.02. The van der Waals surface area contributed by atoms with Gasteiger partial charge < -0.3 is 38.3 Å². The molecule has 2 aliphatic rings. The van der Waals surface area contributed by atoms with Gasteiger partial charge in [0.05, 0.1) is 30.9 Å². The number of aryl methyl sites for hydroxylation is 2.